The van der Waals surface area contributed by atoms with Gasteiger partial charge in [0, 0.05) is 31.3 Å². The monoisotopic (exact) mass is 323 g/mol. The van der Waals surface area contributed by atoms with Crippen molar-refractivity contribution in [2.24, 2.45) is 28.6 Å². The molecule has 3 saturated carbocycles. The first-order valence-corrected chi connectivity index (χ1v) is 9.23. The van der Waals surface area contributed by atoms with Crippen LogP contribution in [-0.2, 0) is 9.59 Å². The average Bonchev–Trinajstić information content (AvgIpc) is 2.84. The Morgan fingerprint density at radius 1 is 1.25 bits per heavy atom. The van der Waals surface area contributed by atoms with E-state index in [0.29, 0.717) is 42.7 Å². The molecule has 0 N–H and O–H groups in total. The van der Waals surface area contributed by atoms with Gasteiger partial charge in [-0.25, -0.2) is 0 Å². The first kappa shape index (κ1) is 15.8. The van der Waals surface area contributed by atoms with E-state index in [1.807, 2.05) is 0 Å². The molecule has 5 atom stereocenters. The maximum atomic E-state index is 13.2. The smallest absolute Gasteiger partial charge is 0.138 e. The normalized spacial score (nSPS) is 46.0. The van der Waals surface area contributed by atoms with Crippen LogP contribution >= 0.6 is 0 Å². The summed E-state index contributed by atoms with van der Waals surface area (Å²) in [6, 6.07) is 2.19. The summed E-state index contributed by atoms with van der Waals surface area (Å²) in [6.07, 6.45) is 9.52. The Balaban J connectivity index is 1.76. The van der Waals surface area contributed by atoms with E-state index in [1.165, 1.54) is 11.1 Å². The van der Waals surface area contributed by atoms with Gasteiger partial charge < -0.3 is 0 Å². The highest BCUT2D eigenvalue weighted by atomic mass is 16.1. The van der Waals surface area contributed by atoms with Crippen LogP contribution in [-0.4, -0.2) is 11.6 Å². The Bertz CT molecular complexity index is 725. The number of rotatable bonds is 0. The topological polar surface area (TPSA) is 57.9 Å². The lowest BCUT2D eigenvalue weighted by Gasteiger charge is -2.55. The lowest BCUT2D eigenvalue weighted by Crippen LogP contribution is -2.53. The van der Waals surface area contributed by atoms with Gasteiger partial charge in [0.25, 0.3) is 0 Å². The Kier molecular flexibility index (Phi) is 3.39. The predicted molar refractivity (Wildman–Crippen MR) is 90.8 cm³/mol. The Hall–Kier alpha value is -1.69. The zero-order valence-electron chi connectivity index (χ0n) is 14.6. The fourth-order valence-electron chi connectivity index (χ4n) is 6.47. The second-order valence-electron chi connectivity index (χ2n) is 8.74. The molecule has 0 aromatic carbocycles. The van der Waals surface area contributed by atoms with Gasteiger partial charge in [0.1, 0.15) is 11.6 Å². The number of hydrogen-bond acceptors (Lipinski definition) is 3. The van der Waals surface area contributed by atoms with Crippen LogP contribution in [0.25, 0.3) is 0 Å². The molecule has 3 heteroatoms. The zero-order chi connectivity index (χ0) is 17.1. The van der Waals surface area contributed by atoms with E-state index in [9.17, 15) is 9.59 Å². The van der Waals surface area contributed by atoms with Gasteiger partial charge in [0.2, 0.25) is 0 Å². The summed E-state index contributed by atoms with van der Waals surface area (Å²) in [6.45, 7) is 4.43. The summed E-state index contributed by atoms with van der Waals surface area (Å²) < 4.78 is 0. The maximum absolute atomic E-state index is 13.2. The van der Waals surface area contributed by atoms with Crippen molar-refractivity contribution >= 4 is 11.6 Å². The molecule has 0 bridgehead atoms. The molecular formula is C21H25NO2. The van der Waals surface area contributed by atoms with Gasteiger partial charge in [-0.2, -0.15) is 5.26 Å². The molecule has 0 aromatic rings. The van der Waals surface area contributed by atoms with E-state index >= 15 is 0 Å². The van der Waals surface area contributed by atoms with Gasteiger partial charge in [-0.3, -0.25) is 9.59 Å². The molecule has 0 amide bonds. The van der Waals surface area contributed by atoms with Crippen molar-refractivity contribution in [3.05, 3.63) is 23.3 Å². The van der Waals surface area contributed by atoms with E-state index in [-0.39, 0.29) is 16.7 Å². The highest BCUT2D eigenvalue weighted by molar-refractivity contribution is 5.88. The second-order valence-corrected chi connectivity index (χ2v) is 8.74. The van der Waals surface area contributed by atoms with Gasteiger partial charge in [0.15, 0.2) is 0 Å². The van der Waals surface area contributed by atoms with Gasteiger partial charge >= 0.3 is 0 Å². The van der Waals surface area contributed by atoms with E-state index < -0.39 is 0 Å². The quantitative estimate of drug-likeness (QED) is 0.497. The molecule has 4 rings (SSSR count). The number of carbonyl (C=O) groups excluding carboxylic acids is 2. The molecule has 5 unspecified atom stereocenters. The molecule has 0 saturated heterocycles. The van der Waals surface area contributed by atoms with Crippen molar-refractivity contribution in [3.63, 3.8) is 0 Å². The van der Waals surface area contributed by atoms with E-state index in [0.717, 1.165) is 25.7 Å². The van der Waals surface area contributed by atoms with E-state index in [1.54, 1.807) is 6.08 Å². The van der Waals surface area contributed by atoms with Gasteiger partial charge in [0.05, 0.1) is 6.07 Å². The number of Topliss-reactive ketones (excluding diaryl/α,β-unsaturated/α-hetero) is 2. The van der Waals surface area contributed by atoms with Crippen molar-refractivity contribution < 1.29 is 9.59 Å². The van der Waals surface area contributed by atoms with Crippen molar-refractivity contribution in [2.45, 2.75) is 58.8 Å². The molecule has 0 aromatic heterocycles. The van der Waals surface area contributed by atoms with Gasteiger partial charge in [-0.05, 0) is 48.3 Å². The first-order chi connectivity index (χ1) is 11.4. The number of hydrogen-bond donors (Lipinski definition) is 0. The third kappa shape index (κ3) is 1.95. The number of carbonyl (C=O) groups is 2. The summed E-state index contributed by atoms with van der Waals surface area (Å²) in [4.78, 5) is 25.1. The first-order valence-electron chi connectivity index (χ1n) is 9.23. The highest BCUT2D eigenvalue weighted by Gasteiger charge is 2.60. The van der Waals surface area contributed by atoms with Crippen LogP contribution in [0.4, 0.5) is 0 Å². The Morgan fingerprint density at radius 2 is 2.04 bits per heavy atom. The van der Waals surface area contributed by atoms with Gasteiger partial charge in [-0.15, -0.1) is 0 Å². The SMILES string of the molecule is CC12CCC(=O)CC1=CCC1C2C(=O)CC2(C)/C(=C\C#N)CCC12. The van der Waals surface area contributed by atoms with Crippen LogP contribution in [0.1, 0.15) is 58.8 Å². The van der Waals surface area contributed by atoms with E-state index in [2.05, 4.69) is 26.0 Å². The van der Waals surface area contributed by atoms with E-state index in [4.69, 9.17) is 5.26 Å². The summed E-state index contributed by atoms with van der Waals surface area (Å²) in [7, 11) is 0. The third-order valence-corrected chi connectivity index (χ3v) is 7.72. The Morgan fingerprint density at radius 3 is 2.79 bits per heavy atom. The predicted octanol–water partition coefficient (Wildman–Crippen LogP) is 4.15. The summed E-state index contributed by atoms with van der Waals surface area (Å²) >= 11 is 0. The number of nitriles is 1. The van der Waals surface area contributed by atoms with Crippen LogP contribution in [0, 0.1) is 39.9 Å². The molecule has 3 nitrogen and oxygen atoms in total. The number of nitrogens with zero attached hydrogens (tertiary/aromatic N) is 1. The maximum Gasteiger partial charge on any atom is 0.138 e. The van der Waals surface area contributed by atoms with Crippen LogP contribution in [0.5, 0.6) is 0 Å². The van der Waals surface area contributed by atoms with Crippen LogP contribution < -0.4 is 0 Å². The fourth-order valence-corrected chi connectivity index (χ4v) is 6.47. The molecule has 3 fully saturated rings. The molecule has 4 aliphatic rings. The summed E-state index contributed by atoms with van der Waals surface area (Å²) in [5.74, 6) is 1.64. The molecule has 24 heavy (non-hydrogen) atoms. The number of allylic oxidation sites excluding steroid dienone is 4. The summed E-state index contributed by atoms with van der Waals surface area (Å²) in [5, 5.41) is 9.10. The van der Waals surface area contributed by atoms with Crippen molar-refractivity contribution in [1.29, 1.82) is 5.26 Å². The minimum atomic E-state index is -0.125. The molecule has 4 aliphatic carbocycles. The molecule has 0 radical (unpaired) electrons. The minimum Gasteiger partial charge on any atom is -0.299 e. The van der Waals surface area contributed by atoms with Crippen LogP contribution in [0.15, 0.2) is 23.3 Å². The Labute approximate surface area is 143 Å². The number of fused-ring (bicyclic) bond motifs is 5. The molecule has 0 aliphatic heterocycles. The average molecular weight is 323 g/mol. The van der Waals surface area contributed by atoms with Crippen LogP contribution in [0.3, 0.4) is 0 Å². The van der Waals surface area contributed by atoms with Crippen molar-refractivity contribution in [1.82, 2.24) is 0 Å². The van der Waals surface area contributed by atoms with Crippen LogP contribution in [0.2, 0.25) is 0 Å². The molecular weight excluding hydrogens is 298 g/mol. The lowest BCUT2D eigenvalue weighted by molar-refractivity contribution is -0.142. The largest absolute Gasteiger partial charge is 0.299 e. The molecule has 126 valence electrons. The lowest BCUT2D eigenvalue weighted by atomic mass is 9.47. The highest BCUT2D eigenvalue weighted by Crippen LogP contribution is 2.64. The third-order valence-electron chi connectivity index (χ3n) is 7.72. The molecule has 0 heterocycles. The minimum absolute atomic E-state index is 0.0742. The second kappa shape index (κ2) is 5.15. The zero-order valence-corrected chi connectivity index (χ0v) is 14.6. The number of ketones is 2. The summed E-state index contributed by atoms with van der Waals surface area (Å²) in [5.41, 5.74) is 2.17. The molecule has 0 spiro atoms. The fraction of sp³-hybridized carbons (Fsp3) is 0.667. The standard InChI is InChI=1S/C21H25NO2/c1-20-9-7-15(23)11-14(20)3-5-16-17-6-4-13(8-10-22)21(17,2)12-18(24)19(16)20/h3,8,16-17,19H,4-7,9,11-12H2,1-2H3/b13-8-. The van der Waals surface area contributed by atoms with Gasteiger partial charge in [-0.1, -0.05) is 31.1 Å². The van der Waals surface area contributed by atoms with Crippen molar-refractivity contribution in [2.75, 3.05) is 0 Å². The van der Waals surface area contributed by atoms with Crippen molar-refractivity contribution in [3.8, 4) is 6.07 Å².